The highest BCUT2D eigenvalue weighted by Crippen LogP contribution is 2.47. The fourth-order valence-corrected chi connectivity index (χ4v) is 4.93. The predicted octanol–water partition coefficient (Wildman–Crippen LogP) is 1.54. The molecule has 0 aliphatic carbocycles. The third-order valence-electron chi connectivity index (χ3n) is 3.53. The lowest BCUT2D eigenvalue weighted by atomic mass is 10.0. The van der Waals surface area contributed by atoms with Crippen LogP contribution < -0.4 is 25.6 Å². The van der Waals surface area contributed by atoms with Gasteiger partial charge >= 0.3 is 5.96 Å². The molecule has 0 bridgehead atoms. The average Bonchev–Trinajstić information content (AvgIpc) is 2.83. The summed E-state index contributed by atoms with van der Waals surface area (Å²) in [5, 5.41) is 0.885. The van der Waals surface area contributed by atoms with Crippen LogP contribution in [-0.2, 0) is 0 Å². The standard InChI is InChI=1S/C15H16N4O2S2/c1-7-11-12(16)18-15(17)19-13(11)23-14(7)22-8-4-5-9(20-2)10(6-8)21-3/h4-6,11H,1-3H3,(H3,16,17,18)/p+1. The Bertz CT molecular complexity index is 795. The van der Waals surface area contributed by atoms with Gasteiger partial charge in [-0.3, -0.25) is 5.73 Å². The maximum Gasteiger partial charge on any atom is 0.480 e. The Kier molecular flexibility index (Phi) is 4.30. The summed E-state index contributed by atoms with van der Waals surface area (Å²) in [4.78, 5) is 5.13. The summed E-state index contributed by atoms with van der Waals surface area (Å²) >= 11 is 3.23. The zero-order valence-corrected chi connectivity index (χ0v) is 14.6. The molecular weight excluding hydrogens is 332 g/mol. The Morgan fingerprint density at radius 2 is 1.96 bits per heavy atom. The fourth-order valence-electron chi connectivity index (χ4n) is 2.40. The van der Waals surface area contributed by atoms with Crippen LogP contribution in [0.2, 0.25) is 0 Å². The largest absolute Gasteiger partial charge is 0.493 e. The van der Waals surface area contributed by atoms with Crippen LogP contribution in [-0.4, -0.2) is 31.1 Å². The van der Waals surface area contributed by atoms with Gasteiger partial charge in [-0.05, 0) is 47.5 Å². The van der Waals surface area contributed by atoms with E-state index in [2.05, 4.69) is 9.66 Å². The quantitative estimate of drug-likeness (QED) is 0.801. The highest BCUT2D eigenvalue weighted by atomic mass is 32.2. The zero-order valence-electron chi connectivity index (χ0n) is 13.0. The van der Waals surface area contributed by atoms with Crippen molar-refractivity contribution in [2.75, 3.05) is 14.2 Å². The van der Waals surface area contributed by atoms with Crippen molar-refractivity contribution < 1.29 is 9.47 Å². The van der Waals surface area contributed by atoms with E-state index in [4.69, 9.17) is 20.9 Å². The molecule has 120 valence electrons. The van der Waals surface area contributed by atoms with Gasteiger partial charge in [0.05, 0.1) is 18.5 Å². The summed E-state index contributed by atoms with van der Waals surface area (Å²) in [6.07, 6.45) is 0. The summed E-state index contributed by atoms with van der Waals surface area (Å²) in [7, 11) is 3.25. The van der Waals surface area contributed by atoms with Gasteiger partial charge in [-0.15, -0.1) is 0 Å². The molecule has 0 fully saturated rings. The topological polar surface area (TPSA) is 97.0 Å². The van der Waals surface area contributed by atoms with Crippen LogP contribution in [0.15, 0.2) is 37.9 Å². The number of rotatable bonds is 4. The van der Waals surface area contributed by atoms with Gasteiger partial charge in [0.2, 0.25) is 5.04 Å². The number of hydrogen-bond donors (Lipinski definition) is 2. The van der Waals surface area contributed by atoms with Crippen LogP contribution in [0, 0.1) is 5.92 Å². The molecule has 2 aliphatic rings. The number of thioether (sulfide) groups is 2. The summed E-state index contributed by atoms with van der Waals surface area (Å²) in [5.74, 6) is 2.06. The fraction of sp³-hybridized carbons (Fsp3) is 0.267. The Morgan fingerprint density at radius 3 is 2.65 bits per heavy atom. The molecule has 0 radical (unpaired) electrons. The Hall–Kier alpha value is -2.02. The number of methoxy groups -OCH3 is 2. The molecule has 23 heavy (non-hydrogen) atoms. The van der Waals surface area contributed by atoms with E-state index in [1.807, 2.05) is 25.1 Å². The first-order chi connectivity index (χ1) is 11.0. The van der Waals surface area contributed by atoms with Crippen LogP contribution in [0.25, 0.3) is 0 Å². The van der Waals surface area contributed by atoms with Crippen molar-refractivity contribution in [3.05, 3.63) is 28.0 Å². The molecule has 0 saturated carbocycles. The molecule has 6 nitrogen and oxygen atoms in total. The Morgan fingerprint density at radius 1 is 1.22 bits per heavy atom. The van der Waals surface area contributed by atoms with Gasteiger partial charge in [-0.2, -0.15) is 0 Å². The van der Waals surface area contributed by atoms with Gasteiger partial charge < -0.3 is 15.2 Å². The molecule has 1 atom stereocenters. The van der Waals surface area contributed by atoms with Crippen molar-refractivity contribution in [1.29, 1.82) is 0 Å². The predicted molar refractivity (Wildman–Crippen MR) is 97.1 cm³/mol. The van der Waals surface area contributed by atoms with Gasteiger partial charge in [0.1, 0.15) is 5.92 Å². The van der Waals surface area contributed by atoms with E-state index in [1.165, 1.54) is 0 Å². The van der Waals surface area contributed by atoms with Crippen LogP contribution in [0.3, 0.4) is 0 Å². The Labute approximate surface area is 142 Å². The van der Waals surface area contributed by atoms with E-state index in [0.29, 0.717) is 17.3 Å². The minimum Gasteiger partial charge on any atom is -0.493 e. The number of guanidine groups is 1. The summed E-state index contributed by atoms with van der Waals surface area (Å²) < 4.78 is 16.1. The molecule has 2 aliphatic heterocycles. The number of nitrogens with two attached hydrogens (primary N) is 2. The minimum atomic E-state index is -0.0602. The molecule has 8 heteroatoms. The van der Waals surface area contributed by atoms with Gasteiger partial charge in [0.15, 0.2) is 17.3 Å². The molecule has 0 aromatic heterocycles. The normalized spacial score (nSPS) is 19.8. The zero-order chi connectivity index (χ0) is 16.6. The first-order valence-electron chi connectivity index (χ1n) is 6.87. The van der Waals surface area contributed by atoms with Crippen molar-refractivity contribution in [3.63, 3.8) is 0 Å². The third kappa shape index (κ3) is 2.93. The number of benzene rings is 1. The van der Waals surface area contributed by atoms with Crippen LogP contribution in [0.5, 0.6) is 11.5 Å². The molecule has 1 unspecified atom stereocenters. The second kappa shape index (κ2) is 6.23. The second-order valence-electron chi connectivity index (χ2n) is 4.97. The van der Waals surface area contributed by atoms with Crippen LogP contribution >= 0.6 is 23.5 Å². The first-order valence-corrected chi connectivity index (χ1v) is 8.50. The first kappa shape index (κ1) is 15.9. The molecule has 3 rings (SSSR count). The number of nitrogens with zero attached hydrogens (tertiary/aromatic N) is 2. The van der Waals surface area contributed by atoms with E-state index in [0.717, 1.165) is 19.7 Å². The molecule has 1 aromatic carbocycles. The minimum absolute atomic E-state index is 0.0602. The lowest BCUT2D eigenvalue weighted by molar-refractivity contribution is 0.354. The number of ether oxygens (including phenoxy) is 2. The number of hydrogen-bond acceptors (Lipinski definition) is 7. The van der Waals surface area contributed by atoms with Crippen molar-refractivity contribution in [3.8, 4) is 11.5 Å². The van der Waals surface area contributed by atoms with Crippen molar-refractivity contribution in [1.82, 2.24) is 4.67 Å². The molecule has 0 amide bonds. The monoisotopic (exact) mass is 349 g/mol. The third-order valence-corrected chi connectivity index (χ3v) is 6.07. The molecule has 2 heterocycles. The van der Waals surface area contributed by atoms with Gasteiger partial charge in [0.25, 0.3) is 0 Å². The molecule has 0 spiro atoms. The smallest absolute Gasteiger partial charge is 0.480 e. The van der Waals surface area contributed by atoms with Crippen molar-refractivity contribution in [2.45, 2.75) is 11.8 Å². The van der Waals surface area contributed by atoms with Gasteiger partial charge in [0, 0.05) is 4.90 Å². The van der Waals surface area contributed by atoms with Crippen LogP contribution in [0.1, 0.15) is 6.92 Å². The number of aliphatic imine (C=N–C) groups is 1. The molecular formula is C15H17N4O2S2+. The van der Waals surface area contributed by atoms with Gasteiger partial charge in [-0.1, -0.05) is 11.8 Å². The summed E-state index contributed by atoms with van der Waals surface area (Å²) in [6, 6.07) is 5.84. The van der Waals surface area contributed by atoms with Gasteiger partial charge in [-0.25, -0.2) is 4.67 Å². The SMILES string of the molecule is COc1ccc(SC2=C(C)C3C(N)=NC(N)=[N+]=C3S2)cc1OC. The summed E-state index contributed by atoms with van der Waals surface area (Å²) in [5.41, 5.74) is 12.8. The number of fused-ring (bicyclic) bond motifs is 1. The maximum absolute atomic E-state index is 6.01. The molecule has 4 N–H and O–H groups in total. The van der Waals surface area contributed by atoms with Crippen molar-refractivity contribution in [2.24, 2.45) is 22.4 Å². The Balaban J connectivity index is 1.90. The number of amidine groups is 1. The van der Waals surface area contributed by atoms with Crippen molar-refractivity contribution >= 4 is 40.4 Å². The van der Waals surface area contributed by atoms with E-state index >= 15 is 0 Å². The van der Waals surface area contributed by atoms with E-state index in [-0.39, 0.29) is 11.9 Å². The summed E-state index contributed by atoms with van der Waals surface area (Å²) in [6.45, 7) is 2.05. The van der Waals surface area contributed by atoms with E-state index in [1.54, 1.807) is 37.7 Å². The second-order valence-corrected chi connectivity index (χ2v) is 7.34. The van der Waals surface area contributed by atoms with E-state index < -0.39 is 0 Å². The maximum atomic E-state index is 6.01. The lowest BCUT2D eigenvalue weighted by Crippen LogP contribution is -2.36. The molecule has 0 saturated heterocycles. The average molecular weight is 349 g/mol. The van der Waals surface area contributed by atoms with E-state index in [9.17, 15) is 0 Å². The lowest BCUT2D eigenvalue weighted by Gasteiger charge is -2.10. The highest BCUT2D eigenvalue weighted by molar-refractivity contribution is 8.30. The molecule has 1 aromatic rings. The highest BCUT2D eigenvalue weighted by Gasteiger charge is 2.40. The van der Waals surface area contributed by atoms with Crippen LogP contribution in [0.4, 0.5) is 0 Å².